The molecule has 0 amide bonds. The summed E-state index contributed by atoms with van der Waals surface area (Å²) in [5, 5.41) is 12.1. The number of esters is 1. The van der Waals surface area contributed by atoms with Gasteiger partial charge in [0.15, 0.2) is 0 Å². The first kappa shape index (κ1) is 23.1. The molecule has 6 atom stereocenters. The molecule has 2 aliphatic heterocycles. The molecule has 1 aromatic rings. The molecule has 0 bridgehead atoms. The number of nitrogens with zero attached hydrogens (tertiary/aromatic N) is 2. The highest BCUT2D eigenvalue weighted by Crippen LogP contribution is 2.61. The minimum Gasteiger partial charge on any atom is -0.462 e. The fraction of sp³-hybridized carbons (Fsp3) is 0.731. The first-order valence-corrected chi connectivity index (χ1v) is 12.4. The second-order valence-corrected chi connectivity index (χ2v) is 11.1. The van der Waals surface area contributed by atoms with Crippen LogP contribution in [0.4, 0.5) is 10.1 Å². The van der Waals surface area contributed by atoms with Crippen molar-refractivity contribution in [2.24, 2.45) is 17.3 Å². The molecule has 2 saturated heterocycles. The molecule has 2 heterocycles. The van der Waals surface area contributed by atoms with Crippen LogP contribution in [0.25, 0.3) is 0 Å². The molecule has 1 aromatic carbocycles. The smallest absolute Gasteiger partial charge is 0.310 e. The minimum atomic E-state index is -0.982. The molecular weight excluding hydrogens is 423 g/mol. The van der Waals surface area contributed by atoms with Gasteiger partial charge in [0.2, 0.25) is 0 Å². The lowest BCUT2D eigenvalue weighted by Gasteiger charge is -2.62. The number of para-hydroxylation sites is 1. The first-order valence-electron chi connectivity index (χ1n) is 12.4. The van der Waals surface area contributed by atoms with Gasteiger partial charge in [-0.05, 0) is 51.2 Å². The molecule has 6 nitrogen and oxygen atoms in total. The molecule has 0 radical (unpaired) electrons. The molecule has 0 aromatic heterocycles. The number of aliphatic hydroxyl groups is 1. The molecule has 2 aliphatic carbocycles. The number of hydrogen-bond donors (Lipinski definition) is 1. The van der Waals surface area contributed by atoms with E-state index in [0.717, 1.165) is 45.4 Å². The van der Waals surface area contributed by atoms with Gasteiger partial charge in [0.1, 0.15) is 11.9 Å². The van der Waals surface area contributed by atoms with Crippen LogP contribution in [0.5, 0.6) is 0 Å². The Kier molecular flexibility index (Phi) is 5.73. The minimum absolute atomic E-state index is 0.00672. The molecule has 4 aliphatic rings. The standard InChI is InChI=1S/C26H37FN2O4/c1-24-9-6-10-25(2,32-3)26(24,31)15-18-19(23(30)33-22(18)16-24)17-28-11-13-29(14-12-28)21-8-5-4-7-20(21)27/h4-5,7-8,18-19,22,31H,6,9-17H2,1-3H3/t18-,19+,22-,24-,25-,26+/m1/s1. The summed E-state index contributed by atoms with van der Waals surface area (Å²) in [6.45, 7) is 7.78. The Morgan fingerprint density at radius 3 is 2.58 bits per heavy atom. The molecular formula is C26H37FN2O4. The lowest BCUT2D eigenvalue weighted by Crippen LogP contribution is -2.69. The zero-order valence-electron chi connectivity index (χ0n) is 20.1. The average Bonchev–Trinajstić information content (AvgIpc) is 3.07. The largest absolute Gasteiger partial charge is 0.462 e. The maximum Gasteiger partial charge on any atom is 0.310 e. The third-order valence-electron chi connectivity index (χ3n) is 9.47. The lowest BCUT2D eigenvalue weighted by atomic mass is 9.49. The summed E-state index contributed by atoms with van der Waals surface area (Å²) in [4.78, 5) is 17.3. The number of rotatable bonds is 4. The maximum atomic E-state index is 14.2. The predicted molar refractivity (Wildman–Crippen MR) is 123 cm³/mol. The molecule has 0 spiro atoms. The number of anilines is 1. The van der Waals surface area contributed by atoms with E-state index in [0.29, 0.717) is 25.1 Å². The Hall–Kier alpha value is -1.70. The van der Waals surface area contributed by atoms with Crippen molar-refractivity contribution in [3.05, 3.63) is 30.1 Å². The number of fused-ring (bicyclic) bond motifs is 2. The normalized spacial score (nSPS) is 41.4. The molecule has 33 heavy (non-hydrogen) atoms. The quantitative estimate of drug-likeness (QED) is 0.697. The summed E-state index contributed by atoms with van der Waals surface area (Å²) in [6.07, 6.45) is 3.84. The molecule has 5 rings (SSSR count). The second kappa shape index (κ2) is 8.21. The van der Waals surface area contributed by atoms with Crippen molar-refractivity contribution in [1.82, 2.24) is 4.90 Å². The van der Waals surface area contributed by atoms with Gasteiger partial charge < -0.3 is 19.5 Å². The zero-order valence-corrected chi connectivity index (χ0v) is 20.1. The van der Waals surface area contributed by atoms with Crippen molar-refractivity contribution in [3.63, 3.8) is 0 Å². The van der Waals surface area contributed by atoms with Crippen LogP contribution in [-0.2, 0) is 14.3 Å². The van der Waals surface area contributed by atoms with Crippen LogP contribution in [0.15, 0.2) is 24.3 Å². The molecule has 182 valence electrons. The first-order chi connectivity index (χ1) is 15.7. The Morgan fingerprint density at radius 2 is 1.88 bits per heavy atom. The van der Waals surface area contributed by atoms with Gasteiger partial charge in [0, 0.05) is 51.2 Å². The van der Waals surface area contributed by atoms with Gasteiger partial charge in [-0.25, -0.2) is 4.39 Å². The van der Waals surface area contributed by atoms with Crippen molar-refractivity contribution in [2.75, 3.05) is 44.7 Å². The monoisotopic (exact) mass is 460 g/mol. The average molecular weight is 461 g/mol. The van der Waals surface area contributed by atoms with Crippen LogP contribution in [0.3, 0.4) is 0 Å². The van der Waals surface area contributed by atoms with Crippen LogP contribution < -0.4 is 4.90 Å². The van der Waals surface area contributed by atoms with Crippen LogP contribution in [0.1, 0.15) is 46.0 Å². The Bertz CT molecular complexity index is 906. The number of carbonyl (C=O) groups is 1. The SMILES string of the molecule is CO[C@]1(C)CCC[C@]2(C)C[C@H]3OC(=O)[C@@H](CN4CCN(c5ccccc5F)CC4)[C@H]3C[C@]21O. The van der Waals surface area contributed by atoms with E-state index in [9.17, 15) is 14.3 Å². The summed E-state index contributed by atoms with van der Waals surface area (Å²) < 4.78 is 26.0. The van der Waals surface area contributed by atoms with Crippen molar-refractivity contribution in [2.45, 2.75) is 63.3 Å². The Balaban J connectivity index is 1.29. The van der Waals surface area contributed by atoms with Crippen molar-refractivity contribution in [3.8, 4) is 0 Å². The third kappa shape index (κ3) is 3.58. The number of hydrogen-bond acceptors (Lipinski definition) is 6. The number of ether oxygens (including phenoxy) is 2. The van der Waals surface area contributed by atoms with Crippen molar-refractivity contribution < 1.29 is 23.8 Å². The number of carbonyl (C=O) groups excluding carboxylic acids is 1. The fourth-order valence-electron chi connectivity index (χ4n) is 7.25. The van der Waals surface area contributed by atoms with E-state index in [1.54, 1.807) is 13.2 Å². The van der Waals surface area contributed by atoms with E-state index >= 15 is 0 Å². The Morgan fingerprint density at radius 1 is 1.15 bits per heavy atom. The highest BCUT2D eigenvalue weighted by Gasteiger charge is 2.67. The second-order valence-electron chi connectivity index (χ2n) is 11.1. The summed E-state index contributed by atoms with van der Waals surface area (Å²) in [7, 11) is 1.69. The van der Waals surface area contributed by atoms with Gasteiger partial charge in [-0.1, -0.05) is 19.1 Å². The van der Waals surface area contributed by atoms with E-state index in [1.165, 1.54) is 6.07 Å². The third-order valence-corrected chi connectivity index (χ3v) is 9.47. The highest BCUT2D eigenvalue weighted by molar-refractivity contribution is 5.75. The van der Waals surface area contributed by atoms with Crippen LogP contribution in [0.2, 0.25) is 0 Å². The number of piperazine rings is 1. The predicted octanol–water partition coefficient (Wildman–Crippen LogP) is 3.23. The van der Waals surface area contributed by atoms with Gasteiger partial charge in [0.25, 0.3) is 0 Å². The van der Waals surface area contributed by atoms with Crippen molar-refractivity contribution in [1.29, 1.82) is 0 Å². The van der Waals surface area contributed by atoms with E-state index in [2.05, 4.69) is 16.7 Å². The van der Waals surface area contributed by atoms with Crippen LogP contribution >= 0.6 is 0 Å². The van der Waals surface area contributed by atoms with E-state index in [4.69, 9.17) is 9.47 Å². The molecule has 1 N–H and O–H groups in total. The summed E-state index contributed by atoms with van der Waals surface area (Å²) in [5.41, 5.74) is -1.28. The zero-order chi connectivity index (χ0) is 23.4. The summed E-state index contributed by atoms with van der Waals surface area (Å²) in [6, 6.07) is 6.89. The van der Waals surface area contributed by atoms with E-state index < -0.39 is 11.2 Å². The maximum absolute atomic E-state index is 14.2. The summed E-state index contributed by atoms with van der Waals surface area (Å²) in [5.74, 6) is -0.578. The van der Waals surface area contributed by atoms with Crippen molar-refractivity contribution >= 4 is 11.7 Å². The molecule has 2 saturated carbocycles. The fourth-order valence-corrected chi connectivity index (χ4v) is 7.25. The van der Waals surface area contributed by atoms with Gasteiger partial charge in [0.05, 0.1) is 22.8 Å². The highest BCUT2D eigenvalue weighted by atomic mass is 19.1. The van der Waals surface area contributed by atoms with E-state index in [1.807, 2.05) is 19.1 Å². The molecule has 7 heteroatoms. The van der Waals surface area contributed by atoms with Crippen LogP contribution in [-0.4, -0.2) is 73.1 Å². The summed E-state index contributed by atoms with van der Waals surface area (Å²) >= 11 is 0. The van der Waals surface area contributed by atoms with Gasteiger partial charge >= 0.3 is 5.97 Å². The Labute approximate surface area is 196 Å². The number of halogens is 1. The lowest BCUT2D eigenvalue weighted by molar-refractivity contribution is -0.270. The van der Waals surface area contributed by atoms with Gasteiger partial charge in [-0.3, -0.25) is 9.69 Å². The molecule has 4 fully saturated rings. The van der Waals surface area contributed by atoms with Gasteiger partial charge in [-0.15, -0.1) is 0 Å². The van der Waals surface area contributed by atoms with Gasteiger partial charge in [-0.2, -0.15) is 0 Å². The number of methoxy groups -OCH3 is 1. The topological polar surface area (TPSA) is 62.2 Å². The molecule has 0 unspecified atom stereocenters. The number of benzene rings is 1. The van der Waals surface area contributed by atoms with Crippen LogP contribution in [0, 0.1) is 23.1 Å². The van der Waals surface area contributed by atoms with E-state index in [-0.39, 0.29) is 35.1 Å².